The molecule has 1 aromatic carbocycles. The van der Waals surface area contributed by atoms with Gasteiger partial charge in [-0.15, -0.1) is 16.4 Å². The zero-order valence-corrected chi connectivity index (χ0v) is 19.6. The third-order valence-electron chi connectivity index (χ3n) is 5.15. The Bertz CT molecular complexity index is 1150. The van der Waals surface area contributed by atoms with E-state index in [4.69, 9.17) is 11.6 Å². The average Bonchev–Trinajstić information content (AvgIpc) is 3.53. The highest BCUT2D eigenvalue weighted by Gasteiger charge is 2.18. The first-order valence-electron chi connectivity index (χ1n) is 11.0. The van der Waals surface area contributed by atoms with Gasteiger partial charge in [0.15, 0.2) is 5.84 Å². The lowest BCUT2D eigenvalue weighted by Crippen LogP contribution is -2.29. The van der Waals surface area contributed by atoms with E-state index in [1.165, 1.54) is 17.7 Å². The standard InChI is InChI=1S/C23H25N5OS.C2H6/c1-2-17-11-12-20(30-17)18-13-19(26-23(29)21(18)22(24)27-28-25)16-9-7-15(8-10-16)6-5-14-3-4-14;1-2/h5-14,28H,2-4,25H2,1H3,(H2,24,27)(H,26,29);1-2H3/b6-5+;. The van der Waals surface area contributed by atoms with Gasteiger partial charge in [-0.2, -0.15) is 0 Å². The third kappa shape index (κ3) is 5.55. The minimum Gasteiger partial charge on any atom is -0.382 e. The Balaban J connectivity index is 0.00000141. The van der Waals surface area contributed by atoms with E-state index >= 15 is 0 Å². The molecule has 168 valence electrons. The van der Waals surface area contributed by atoms with Gasteiger partial charge in [-0.25, -0.2) is 11.4 Å². The molecule has 0 unspecified atom stereocenters. The summed E-state index contributed by atoms with van der Waals surface area (Å²) in [6.07, 6.45) is 7.94. The number of aryl methyl sites for hydroxylation is 1. The van der Waals surface area contributed by atoms with Gasteiger partial charge in [-0.05, 0) is 54.5 Å². The first kappa shape index (κ1) is 23.5. The second kappa shape index (κ2) is 10.9. The molecule has 6 N–H and O–H groups in total. The van der Waals surface area contributed by atoms with Crippen LogP contribution < -0.4 is 22.7 Å². The Labute approximate surface area is 193 Å². The summed E-state index contributed by atoms with van der Waals surface area (Å²) in [4.78, 5) is 18.1. The number of thiophene rings is 1. The third-order valence-corrected chi connectivity index (χ3v) is 6.42. The van der Waals surface area contributed by atoms with Gasteiger partial charge in [0.05, 0.1) is 5.56 Å². The minimum absolute atomic E-state index is 0.0484. The smallest absolute Gasteiger partial charge is 0.260 e. The lowest BCUT2D eigenvalue weighted by molar-refractivity contribution is 0.803. The van der Waals surface area contributed by atoms with Gasteiger partial charge in [0.2, 0.25) is 0 Å². The monoisotopic (exact) mass is 449 g/mol. The highest BCUT2D eigenvalue weighted by molar-refractivity contribution is 7.15. The summed E-state index contributed by atoms with van der Waals surface area (Å²) < 4.78 is 0. The van der Waals surface area contributed by atoms with E-state index in [0.717, 1.165) is 39.6 Å². The van der Waals surface area contributed by atoms with E-state index in [1.807, 2.05) is 38.1 Å². The summed E-state index contributed by atoms with van der Waals surface area (Å²) in [6, 6.07) is 14.2. The molecule has 0 spiro atoms. The summed E-state index contributed by atoms with van der Waals surface area (Å²) in [7, 11) is 0. The van der Waals surface area contributed by atoms with E-state index in [2.05, 4.69) is 52.9 Å². The second-order valence-electron chi connectivity index (χ2n) is 7.37. The number of hydrazine groups is 1. The number of H-pyrrole nitrogens is 1. The molecule has 2 aromatic heterocycles. The molecule has 1 saturated carbocycles. The van der Waals surface area contributed by atoms with Crippen LogP contribution in [0, 0.1) is 5.92 Å². The largest absolute Gasteiger partial charge is 0.382 e. The fraction of sp³-hybridized carbons (Fsp3) is 0.280. The van der Waals surface area contributed by atoms with Gasteiger partial charge in [-0.1, -0.05) is 57.2 Å². The minimum atomic E-state index is -0.303. The molecule has 0 saturated heterocycles. The van der Waals surface area contributed by atoms with E-state index in [0.29, 0.717) is 5.56 Å². The number of hydrazone groups is 1. The highest BCUT2D eigenvalue weighted by Crippen LogP contribution is 2.33. The number of amidine groups is 1. The second-order valence-corrected chi connectivity index (χ2v) is 8.53. The van der Waals surface area contributed by atoms with E-state index in [-0.39, 0.29) is 11.4 Å². The lowest BCUT2D eigenvalue weighted by atomic mass is 10.0. The van der Waals surface area contributed by atoms with Crippen LogP contribution in [0.4, 0.5) is 0 Å². The summed E-state index contributed by atoms with van der Waals surface area (Å²) in [5.41, 5.74) is 11.8. The number of aromatic amines is 1. The summed E-state index contributed by atoms with van der Waals surface area (Å²) in [6.45, 7) is 6.10. The van der Waals surface area contributed by atoms with Crippen molar-refractivity contribution < 1.29 is 0 Å². The van der Waals surface area contributed by atoms with Crippen LogP contribution in [0.25, 0.3) is 27.8 Å². The van der Waals surface area contributed by atoms with Crippen molar-refractivity contribution in [1.29, 1.82) is 0 Å². The van der Waals surface area contributed by atoms with Crippen LogP contribution in [0.15, 0.2) is 58.4 Å². The summed E-state index contributed by atoms with van der Waals surface area (Å²) >= 11 is 1.64. The highest BCUT2D eigenvalue weighted by atomic mass is 32.1. The summed E-state index contributed by atoms with van der Waals surface area (Å²) in [5.74, 6) is 6.07. The van der Waals surface area contributed by atoms with Crippen molar-refractivity contribution in [3.8, 4) is 21.7 Å². The Hall–Kier alpha value is -3.16. The molecule has 1 fully saturated rings. The van der Waals surface area contributed by atoms with Crippen LogP contribution in [0.1, 0.15) is 49.6 Å². The molecule has 0 atom stereocenters. The number of hydrogen-bond donors (Lipinski definition) is 4. The van der Waals surface area contributed by atoms with Crippen molar-refractivity contribution in [2.75, 3.05) is 0 Å². The molecule has 6 nitrogen and oxygen atoms in total. The maximum absolute atomic E-state index is 13.0. The first-order chi connectivity index (χ1) is 15.6. The van der Waals surface area contributed by atoms with Crippen molar-refractivity contribution in [3.05, 3.63) is 74.9 Å². The van der Waals surface area contributed by atoms with Crippen molar-refractivity contribution in [2.45, 2.75) is 40.0 Å². The molecule has 2 heterocycles. The molecule has 0 bridgehead atoms. The number of nitrogens with zero attached hydrogens (tertiary/aromatic N) is 1. The molecule has 0 aliphatic heterocycles. The normalized spacial score (nSPS) is 13.7. The fourth-order valence-corrected chi connectivity index (χ4v) is 4.28. The SMILES string of the molecule is CC.CCc1ccc(-c2cc(-c3ccc(/C=C/C4CC4)cc3)[nH]c(=O)c2/C(N)=N/NN)s1. The zero-order valence-electron chi connectivity index (χ0n) is 18.8. The topological polar surface area (TPSA) is 109 Å². The molecule has 3 aromatic rings. The molecule has 1 aliphatic carbocycles. The number of benzene rings is 1. The first-order valence-corrected chi connectivity index (χ1v) is 11.8. The van der Waals surface area contributed by atoms with Gasteiger partial charge in [-0.3, -0.25) is 4.79 Å². The lowest BCUT2D eigenvalue weighted by Gasteiger charge is -2.10. The van der Waals surface area contributed by atoms with E-state index < -0.39 is 0 Å². The number of pyridine rings is 1. The fourth-order valence-electron chi connectivity index (χ4n) is 3.31. The van der Waals surface area contributed by atoms with Crippen LogP contribution in [-0.2, 0) is 6.42 Å². The maximum Gasteiger partial charge on any atom is 0.260 e. The molecular weight excluding hydrogens is 418 g/mol. The summed E-state index contributed by atoms with van der Waals surface area (Å²) in [5, 5.41) is 3.82. The van der Waals surface area contributed by atoms with Crippen LogP contribution in [0.3, 0.4) is 0 Å². The van der Waals surface area contributed by atoms with Gasteiger partial charge < -0.3 is 10.7 Å². The van der Waals surface area contributed by atoms with Crippen molar-refractivity contribution in [2.24, 2.45) is 22.6 Å². The zero-order chi connectivity index (χ0) is 23.1. The number of allylic oxidation sites excluding steroid dienone is 1. The number of nitrogens with one attached hydrogen (secondary N) is 2. The average molecular weight is 450 g/mol. The molecular formula is C25H31N5OS. The van der Waals surface area contributed by atoms with Gasteiger partial charge in [0.25, 0.3) is 5.56 Å². The Morgan fingerprint density at radius 1 is 1.22 bits per heavy atom. The van der Waals surface area contributed by atoms with E-state index in [9.17, 15) is 4.79 Å². The van der Waals surface area contributed by atoms with Crippen LogP contribution in [0.2, 0.25) is 0 Å². The molecule has 1 aliphatic rings. The number of aromatic nitrogens is 1. The van der Waals surface area contributed by atoms with Gasteiger partial charge in [0.1, 0.15) is 0 Å². The number of hydrogen-bond acceptors (Lipinski definition) is 5. The quantitative estimate of drug-likeness (QED) is 0.179. The van der Waals surface area contributed by atoms with E-state index in [1.54, 1.807) is 11.3 Å². The Kier molecular flexibility index (Phi) is 8.03. The number of rotatable bonds is 7. The molecule has 4 rings (SSSR count). The molecule has 0 amide bonds. The molecule has 32 heavy (non-hydrogen) atoms. The van der Waals surface area contributed by atoms with Crippen LogP contribution in [0.5, 0.6) is 0 Å². The van der Waals surface area contributed by atoms with Crippen LogP contribution in [-0.4, -0.2) is 10.8 Å². The van der Waals surface area contributed by atoms with Gasteiger partial charge in [0, 0.05) is 21.0 Å². The molecule has 7 heteroatoms. The Morgan fingerprint density at radius 3 is 2.53 bits per heavy atom. The predicted molar refractivity (Wildman–Crippen MR) is 136 cm³/mol. The number of nitrogens with two attached hydrogens (primary N) is 2. The Morgan fingerprint density at radius 2 is 1.94 bits per heavy atom. The van der Waals surface area contributed by atoms with Gasteiger partial charge >= 0.3 is 0 Å². The maximum atomic E-state index is 13.0. The van der Waals surface area contributed by atoms with Crippen molar-refractivity contribution in [3.63, 3.8) is 0 Å². The molecule has 0 radical (unpaired) electrons. The van der Waals surface area contributed by atoms with Crippen molar-refractivity contribution in [1.82, 2.24) is 10.5 Å². The van der Waals surface area contributed by atoms with Crippen molar-refractivity contribution >= 4 is 23.2 Å². The van der Waals surface area contributed by atoms with Crippen LogP contribution >= 0.6 is 11.3 Å². The predicted octanol–water partition coefficient (Wildman–Crippen LogP) is 4.87.